The number of halogens is 1. The third-order valence-electron chi connectivity index (χ3n) is 3.66. The molecule has 0 fully saturated rings. The second-order valence-electron chi connectivity index (χ2n) is 5.88. The SMILES string of the molecule is Cc1cc(C)c(S(=O)(=O)NCCOc2ccc(Cl)cc2C)c(C)c1. The van der Waals surface area contributed by atoms with Gasteiger partial charge in [0.25, 0.3) is 0 Å². The highest BCUT2D eigenvalue weighted by molar-refractivity contribution is 7.89. The normalized spacial score (nSPS) is 11.5. The molecule has 4 nitrogen and oxygen atoms in total. The van der Waals surface area contributed by atoms with Gasteiger partial charge in [-0.3, -0.25) is 0 Å². The molecule has 0 amide bonds. The molecule has 2 aromatic carbocycles. The molecule has 0 aromatic heterocycles. The van der Waals surface area contributed by atoms with E-state index in [1.807, 2.05) is 39.8 Å². The molecule has 0 spiro atoms. The Morgan fingerprint density at radius 1 is 1.00 bits per heavy atom. The maximum Gasteiger partial charge on any atom is 0.241 e. The van der Waals surface area contributed by atoms with Crippen LogP contribution in [-0.2, 0) is 10.0 Å². The molecule has 2 rings (SSSR count). The van der Waals surface area contributed by atoms with Crippen LogP contribution in [0.25, 0.3) is 0 Å². The Balaban J connectivity index is 2.01. The van der Waals surface area contributed by atoms with Crippen LogP contribution < -0.4 is 9.46 Å². The average molecular weight is 368 g/mol. The molecule has 130 valence electrons. The van der Waals surface area contributed by atoms with E-state index in [2.05, 4.69) is 4.72 Å². The highest BCUT2D eigenvalue weighted by Gasteiger charge is 2.19. The molecule has 2 aromatic rings. The van der Waals surface area contributed by atoms with E-state index in [-0.39, 0.29) is 13.2 Å². The second kappa shape index (κ2) is 7.55. The van der Waals surface area contributed by atoms with Crippen molar-refractivity contribution in [3.05, 3.63) is 57.6 Å². The minimum atomic E-state index is -3.56. The highest BCUT2D eigenvalue weighted by atomic mass is 35.5. The first-order valence-electron chi connectivity index (χ1n) is 7.67. The molecular weight excluding hydrogens is 346 g/mol. The van der Waals surface area contributed by atoms with Crippen molar-refractivity contribution in [1.82, 2.24) is 4.72 Å². The second-order valence-corrected chi connectivity index (χ2v) is 8.02. The monoisotopic (exact) mass is 367 g/mol. The van der Waals surface area contributed by atoms with Crippen molar-refractivity contribution >= 4 is 21.6 Å². The number of aryl methyl sites for hydroxylation is 4. The van der Waals surface area contributed by atoms with Crippen LogP contribution in [0.15, 0.2) is 35.2 Å². The van der Waals surface area contributed by atoms with Gasteiger partial charge in [0, 0.05) is 11.6 Å². The molecule has 0 saturated carbocycles. The van der Waals surface area contributed by atoms with Crippen molar-refractivity contribution in [1.29, 1.82) is 0 Å². The quantitative estimate of drug-likeness (QED) is 0.787. The van der Waals surface area contributed by atoms with E-state index in [9.17, 15) is 8.42 Å². The van der Waals surface area contributed by atoms with Crippen LogP contribution in [0, 0.1) is 27.7 Å². The molecule has 0 aliphatic rings. The summed E-state index contributed by atoms with van der Waals surface area (Å²) in [6.45, 7) is 7.89. The minimum absolute atomic E-state index is 0.192. The van der Waals surface area contributed by atoms with Gasteiger partial charge in [-0.05, 0) is 62.6 Å². The lowest BCUT2D eigenvalue weighted by atomic mass is 10.1. The fourth-order valence-corrected chi connectivity index (χ4v) is 4.46. The summed E-state index contributed by atoms with van der Waals surface area (Å²) in [5, 5.41) is 0.644. The number of rotatable bonds is 6. The largest absolute Gasteiger partial charge is 0.492 e. The van der Waals surface area contributed by atoms with Gasteiger partial charge in [-0.15, -0.1) is 0 Å². The lowest BCUT2D eigenvalue weighted by Crippen LogP contribution is -2.29. The third-order valence-corrected chi connectivity index (χ3v) is 5.66. The zero-order valence-electron chi connectivity index (χ0n) is 14.3. The molecular formula is C18H22ClNO3S. The maximum absolute atomic E-state index is 12.5. The van der Waals surface area contributed by atoms with Crippen LogP contribution in [0.3, 0.4) is 0 Å². The van der Waals surface area contributed by atoms with Crippen LogP contribution in [-0.4, -0.2) is 21.6 Å². The van der Waals surface area contributed by atoms with Crippen molar-refractivity contribution in [3.63, 3.8) is 0 Å². The summed E-state index contributed by atoms with van der Waals surface area (Å²) in [6, 6.07) is 9.07. The first-order valence-corrected chi connectivity index (χ1v) is 9.53. The average Bonchev–Trinajstić information content (AvgIpc) is 2.43. The summed E-state index contributed by atoms with van der Waals surface area (Å²) in [4.78, 5) is 0.343. The Labute approximate surface area is 148 Å². The van der Waals surface area contributed by atoms with E-state index in [4.69, 9.17) is 16.3 Å². The molecule has 0 saturated heterocycles. The number of ether oxygens (including phenoxy) is 1. The number of hydrogen-bond acceptors (Lipinski definition) is 3. The van der Waals surface area contributed by atoms with Gasteiger partial charge in [-0.2, -0.15) is 0 Å². The van der Waals surface area contributed by atoms with Crippen LogP contribution in [0.4, 0.5) is 0 Å². The van der Waals surface area contributed by atoms with Crippen molar-refractivity contribution < 1.29 is 13.2 Å². The van der Waals surface area contributed by atoms with Crippen molar-refractivity contribution in [2.75, 3.05) is 13.2 Å². The van der Waals surface area contributed by atoms with Crippen LogP contribution >= 0.6 is 11.6 Å². The van der Waals surface area contributed by atoms with Crippen LogP contribution in [0.1, 0.15) is 22.3 Å². The Morgan fingerprint density at radius 2 is 1.62 bits per heavy atom. The molecule has 24 heavy (non-hydrogen) atoms. The summed E-state index contributed by atoms with van der Waals surface area (Å²) >= 11 is 5.90. The minimum Gasteiger partial charge on any atom is -0.492 e. The molecule has 1 N–H and O–H groups in total. The van der Waals surface area contributed by atoms with Gasteiger partial charge in [0.1, 0.15) is 12.4 Å². The fourth-order valence-electron chi connectivity index (χ4n) is 2.77. The molecule has 0 radical (unpaired) electrons. The van der Waals surface area contributed by atoms with Crippen molar-refractivity contribution in [3.8, 4) is 5.75 Å². The molecule has 0 aliphatic heterocycles. The van der Waals surface area contributed by atoms with Gasteiger partial charge in [-0.25, -0.2) is 13.1 Å². The summed E-state index contributed by atoms with van der Waals surface area (Å²) in [5.41, 5.74) is 3.45. The van der Waals surface area contributed by atoms with Crippen molar-refractivity contribution in [2.45, 2.75) is 32.6 Å². The van der Waals surface area contributed by atoms with Gasteiger partial charge >= 0.3 is 0 Å². The maximum atomic E-state index is 12.5. The Hall–Kier alpha value is -1.56. The molecule has 0 aliphatic carbocycles. The van der Waals surface area contributed by atoms with Gasteiger partial charge in [0.15, 0.2) is 0 Å². The lowest BCUT2D eigenvalue weighted by molar-refractivity contribution is 0.320. The van der Waals surface area contributed by atoms with Gasteiger partial charge < -0.3 is 4.74 Å². The first-order chi connectivity index (χ1) is 11.2. The third kappa shape index (κ3) is 4.50. The molecule has 6 heteroatoms. The first kappa shape index (κ1) is 18.8. The lowest BCUT2D eigenvalue weighted by Gasteiger charge is -2.14. The number of hydrogen-bond donors (Lipinski definition) is 1. The van der Waals surface area contributed by atoms with E-state index in [0.717, 1.165) is 22.3 Å². The van der Waals surface area contributed by atoms with Crippen molar-refractivity contribution in [2.24, 2.45) is 0 Å². The summed E-state index contributed by atoms with van der Waals surface area (Å²) in [5.74, 6) is 0.696. The predicted octanol–water partition coefficient (Wildman–Crippen LogP) is 3.93. The van der Waals surface area contributed by atoms with Gasteiger partial charge in [0.05, 0.1) is 4.90 Å². The molecule has 0 bridgehead atoms. The number of nitrogens with one attached hydrogen (secondary N) is 1. The Kier molecular flexibility index (Phi) is 5.91. The van der Waals surface area contributed by atoms with E-state index >= 15 is 0 Å². The van der Waals surface area contributed by atoms with E-state index in [1.165, 1.54) is 0 Å². The summed E-state index contributed by atoms with van der Waals surface area (Å²) in [7, 11) is -3.56. The topological polar surface area (TPSA) is 55.4 Å². The summed E-state index contributed by atoms with van der Waals surface area (Å²) in [6.07, 6.45) is 0. The smallest absolute Gasteiger partial charge is 0.241 e. The number of sulfonamides is 1. The summed E-state index contributed by atoms with van der Waals surface area (Å²) < 4.78 is 33.3. The fraction of sp³-hybridized carbons (Fsp3) is 0.333. The Morgan fingerprint density at radius 3 is 2.21 bits per heavy atom. The van der Waals surface area contributed by atoms with Gasteiger partial charge in [0.2, 0.25) is 10.0 Å². The number of benzene rings is 2. The van der Waals surface area contributed by atoms with Crippen LogP contribution in [0.2, 0.25) is 5.02 Å². The zero-order chi connectivity index (χ0) is 17.9. The van der Waals surface area contributed by atoms with Gasteiger partial charge in [-0.1, -0.05) is 29.3 Å². The molecule has 0 unspecified atom stereocenters. The Bertz CT molecular complexity index is 824. The van der Waals surface area contributed by atoms with E-state index in [1.54, 1.807) is 18.2 Å². The molecule has 0 heterocycles. The highest BCUT2D eigenvalue weighted by Crippen LogP contribution is 2.22. The predicted molar refractivity (Wildman–Crippen MR) is 97.5 cm³/mol. The van der Waals surface area contributed by atoms with E-state index < -0.39 is 10.0 Å². The zero-order valence-corrected chi connectivity index (χ0v) is 15.9. The van der Waals surface area contributed by atoms with E-state index in [0.29, 0.717) is 15.7 Å². The molecule has 0 atom stereocenters. The standard InChI is InChI=1S/C18H22ClNO3S/c1-12-9-14(3)18(15(4)10-12)24(21,22)20-7-8-23-17-6-5-16(19)11-13(17)2/h5-6,9-11,20H,7-8H2,1-4H3. The van der Waals surface area contributed by atoms with Crippen LogP contribution in [0.5, 0.6) is 5.75 Å².